The van der Waals surface area contributed by atoms with Crippen LogP contribution in [0.1, 0.15) is 11.3 Å². The summed E-state index contributed by atoms with van der Waals surface area (Å²) in [7, 11) is 1.66. The Morgan fingerprint density at radius 1 is 0.882 bits per heavy atom. The van der Waals surface area contributed by atoms with Crippen molar-refractivity contribution in [2.24, 2.45) is 4.99 Å². The van der Waals surface area contributed by atoms with E-state index in [0.29, 0.717) is 10.1 Å². The summed E-state index contributed by atoms with van der Waals surface area (Å²) in [5.74, 6) is 0.732. The minimum absolute atomic E-state index is 0.0827. The number of amidine groups is 1. The number of carbonyl (C=O) groups is 1. The van der Waals surface area contributed by atoms with Crippen LogP contribution in [0.25, 0.3) is 11.8 Å². The number of ether oxygens (including phenoxy) is 1. The molecule has 0 atom stereocenters. The molecule has 5 rings (SSSR count). The second-order valence-electron chi connectivity index (χ2n) is 7.80. The van der Waals surface area contributed by atoms with Crippen LogP contribution in [0.3, 0.4) is 0 Å². The third-order valence-corrected chi connectivity index (χ3v) is 6.45. The minimum Gasteiger partial charge on any atom is -0.497 e. The Balaban J connectivity index is 1.51. The van der Waals surface area contributed by atoms with Crippen LogP contribution in [0.2, 0.25) is 0 Å². The molecule has 1 saturated heterocycles. The molecule has 34 heavy (non-hydrogen) atoms. The number of hydrogen-bond acceptors (Lipinski definition) is 4. The summed E-state index contributed by atoms with van der Waals surface area (Å²) in [6, 6.07) is 29.3. The molecule has 1 aliphatic rings. The summed E-state index contributed by atoms with van der Waals surface area (Å²) >= 11 is 1.39. The molecule has 0 N–H and O–H groups in total. The van der Waals surface area contributed by atoms with Crippen molar-refractivity contribution in [2.45, 2.75) is 6.92 Å². The number of amides is 1. The Kier molecular flexibility index (Phi) is 6.06. The van der Waals surface area contributed by atoms with E-state index in [1.54, 1.807) is 12.0 Å². The summed E-state index contributed by atoms with van der Waals surface area (Å²) in [5, 5.41) is 0.639. The number of rotatable bonds is 5. The SMILES string of the molecule is COc1ccc(-n2cc(/C=C3/SC(=Nc4ccccc4)N(c4ccccc4)C3=O)cc2C)cc1. The Bertz CT molecular complexity index is 1370. The maximum Gasteiger partial charge on any atom is 0.271 e. The Morgan fingerprint density at radius 2 is 1.56 bits per heavy atom. The van der Waals surface area contributed by atoms with Crippen LogP contribution in [-0.2, 0) is 4.79 Å². The molecule has 168 valence electrons. The van der Waals surface area contributed by atoms with Gasteiger partial charge in [-0.05, 0) is 84.9 Å². The molecule has 0 unspecified atom stereocenters. The number of methoxy groups -OCH3 is 1. The first-order chi connectivity index (χ1) is 16.6. The fourth-order valence-electron chi connectivity index (χ4n) is 3.82. The summed E-state index contributed by atoms with van der Waals surface area (Å²) in [6.07, 6.45) is 3.97. The molecule has 3 aromatic carbocycles. The van der Waals surface area contributed by atoms with Crippen molar-refractivity contribution >= 4 is 40.3 Å². The zero-order valence-electron chi connectivity index (χ0n) is 18.9. The van der Waals surface area contributed by atoms with Gasteiger partial charge in [-0.3, -0.25) is 9.69 Å². The minimum atomic E-state index is -0.0827. The normalized spacial score (nSPS) is 15.9. The van der Waals surface area contributed by atoms with E-state index in [-0.39, 0.29) is 5.91 Å². The highest BCUT2D eigenvalue weighted by Crippen LogP contribution is 2.37. The Hall–Kier alpha value is -4.03. The number of benzene rings is 3. The Morgan fingerprint density at radius 3 is 2.24 bits per heavy atom. The second-order valence-corrected chi connectivity index (χ2v) is 8.81. The zero-order chi connectivity index (χ0) is 23.5. The molecule has 0 saturated carbocycles. The van der Waals surface area contributed by atoms with E-state index in [4.69, 9.17) is 9.73 Å². The number of carbonyl (C=O) groups excluding carboxylic acids is 1. The van der Waals surface area contributed by atoms with Crippen LogP contribution in [-0.4, -0.2) is 22.8 Å². The highest BCUT2D eigenvalue weighted by molar-refractivity contribution is 8.19. The van der Waals surface area contributed by atoms with Gasteiger partial charge in [0.2, 0.25) is 0 Å². The number of thioether (sulfide) groups is 1. The number of anilines is 1. The predicted octanol–water partition coefficient (Wildman–Crippen LogP) is 6.60. The van der Waals surface area contributed by atoms with E-state index in [1.165, 1.54) is 11.8 Å². The summed E-state index contributed by atoms with van der Waals surface area (Å²) in [6.45, 7) is 2.05. The standard InChI is InChI=1S/C28H23N3O2S/c1-20-17-21(19-30(20)23-13-15-25(33-2)16-14-23)18-26-27(32)31(24-11-7-4-8-12-24)28(34-26)29-22-9-5-3-6-10-22/h3-19H,1-2H3/b26-18+,29-28?. The smallest absolute Gasteiger partial charge is 0.271 e. The van der Waals surface area contributed by atoms with E-state index in [1.807, 2.05) is 97.2 Å². The van der Waals surface area contributed by atoms with Crippen LogP contribution in [0.4, 0.5) is 11.4 Å². The van der Waals surface area contributed by atoms with Gasteiger partial charge in [0.15, 0.2) is 5.17 Å². The fourth-order valence-corrected chi connectivity index (χ4v) is 4.82. The lowest BCUT2D eigenvalue weighted by Gasteiger charge is -2.15. The molecule has 6 heteroatoms. The molecule has 1 aliphatic heterocycles. The lowest BCUT2D eigenvalue weighted by Crippen LogP contribution is -2.28. The molecular weight excluding hydrogens is 442 g/mol. The van der Waals surface area contributed by atoms with Gasteiger partial charge in [0.25, 0.3) is 5.91 Å². The van der Waals surface area contributed by atoms with Gasteiger partial charge in [0.1, 0.15) is 5.75 Å². The molecule has 2 heterocycles. The first-order valence-electron chi connectivity index (χ1n) is 10.9. The molecule has 0 bridgehead atoms. The average Bonchev–Trinajstić information content (AvgIpc) is 3.39. The van der Waals surface area contributed by atoms with E-state index < -0.39 is 0 Å². The van der Waals surface area contributed by atoms with Gasteiger partial charge in [0.05, 0.1) is 23.4 Å². The monoisotopic (exact) mass is 465 g/mol. The lowest BCUT2D eigenvalue weighted by molar-refractivity contribution is -0.113. The summed E-state index contributed by atoms with van der Waals surface area (Å²) < 4.78 is 7.37. The number of hydrogen-bond donors (Lipinski definition) is 0. The van der Waals surface area contributed by atoms with E-state index in [9.17, 15) is 4.79 Å². The first-order valence-corrected chi connectivity index (χ1v) is 11.7. The fraction of sp³-hybridized carbons (Fsp3) is 0.0714. The van der Waals surface area contributed by atoms with E-state index in [2.05, 4.69) is 17.6 Å². The summed E-state index contributed by atoms with van der Waals surface area (Å²) in [5.41, 5.74) is 4.67. The third-order valence-electron chi connectivity index (χ3n) is 5.48. The zero-order valence-corrected chi connectivity index (χ0v) is 19.7. The number of nitrogens with zero attached hydrogens (tertiary/aromatic N) is 3. The second kappa shape index (κ2) is 9.45. The molecule has 1 amide bonds. The highest BCUT2D eigenvalue weighted by Gasteiger charge is 2.34. The predicted molar refractivity (Wildman–Crippen MR) is 140 cm³/mol. The number of para-hydroxylation sites is 2. The van der Waals surface area contributed by atoms with E-state index in [0.717, 1.165) is 34.1 Å². The molecule has 1 aromatic heterocycles. The van der Waals surface area contributed by atoms with Gasteiger partial charge in [-0.2, -0.15) is 0 Å². The van der Waals surface area contributed by atoms with E-state index >= 15 is 0 Å². The van der Waals surface area contributed by atoms with Gasteiger partial charge < -0.3 is 9.30 Å². The molecule has 0 radical (unpaired) electrons. The van der Waals surface area contributed by atoms with Crippen LogP contribution >= 0.6 is 11.8 Å². The van der Waals surface area contributed by atoms with Gasteiger partial charge >= 0.3 is 0 Å². The van der Waals surface area contributed by atoms with Crippen LogP contribution < -0.4 is 9.64 Å². The van der Waals surface area contributed by atoms with Crippen molar-refractivity contribution in [1.82, 2.24) is 4.57 Å². The maximum atomic E-state index is 13.5. The topological polar surface area (TPSA) is 46.8 Å². The quantitative estimate of drug-likeness (QED) is 0.312. The van der Waals surface area contributed by atoms with Crippen LogP contribution in [0.15, 0.2) is 107 Å². The van der Waals surface area contributed by atoms with Gasteiger partial charge in [-0.1, -0.05) is 36.4 Å². The van der Waals surface area contributed by atoms with Crippen molar-refractivity contribution in [3.8, 4) is 11.4 Å². The molecule has 5 nitrogen and oxygen atoms in total. The molecule has 1 fully saturated rings. The largest absolute Gasteiger partial charge is 0.497 e. The average molecular weight is 466 g/mol. The lowest BCUT2D eigenvalue weighted by atomic mass is 10.2. The number of aryl methyl sites for hydroxylation is 1. The van der Waals surface area contributed by atoms with Crippen molar-refractivity contribution in [3.05, 3.63) is 113 Å². The highest BCUT2D eigenvalue weighted by atomic mass is 32.2. The molecular formula is C28H23N3O2S. The first kappa shape index (κ1) is 21.8. The number of aromatic nitrogens is 1. The van der Waals surface area contributed by atoms with Crippen LogP contribution in [0.5, 0.6) is 5.75 Å². The molecule has 0 aliphatic carbocycles. The summed E-state index contributed by atoms with van der Waals surface area (Å²) in [4.78, 5) is 20.6. The van der Waals surface area contributed by atoms with Crippen molar-refractivity contribution in [1.29, 1.82) is 0 Å². The molecule has 0 spiro atoms. The van der Waals surface area contributed by atoms with Gasteiger partial charge in [-0.25, -0.2) is 4.99 Å². The number of aliphatic imine (C=N–C) groups is 1. The molecule has 4 aromatic rings. The van der Waals surface area contributed by atoms with Crippen LogP contribution in [0, 0.1) is 6.92 Å². The Labute approximate surface area is 203 Å². The van der Waals surface area contributed by atoms with Crippen molar-refractivity contribution < 1.29 is 9.53 Å². The maximum absolute atomic E-state index is 13.5. The van der Waals surface area contributed by atoms with Gasteiger partial charge in [0, 0.05) is 17.6 Å². The van der Waals surface area contributed by atoms with Crippen molar-refractivity contribution in [2.75, 3.05) is 12.0 Å². The van der Waals surface area contributed by atoms with Gasteiger partial charge in [-0.15, -0.1) is 0 Å². The third kappa shape index (κ3) is 4.40. The van der Waals surface area contributed by atoms with Crippen molar-refractivity contribution in [3.63, 3.8) is 0 Å².